The molecular formula is C29H26N4O2S2. The van der Waals surface area contributed by atoms with E-state index in [1.807, 2.05) is 47.4 Å². The molecule has 8 heteroatoms. The molecule has 7 rings (SSSR count). The van der Waals surface area contributed by atoms with Crippen LogP contribution < -0.4 is 4.90 Å². The van der Waals surface area contributed by atoms with Gasteiger partial charge in [-0.15, -0.1) is 23.5 Å². The third kappa shape index (κ3) is 3.21. The molecule has 2 amide bonds. The van der Waals surface area contributed by atoms with Crippen LogP contribution in [0.3, 0.4) is 0 Å². The van der Waals surface area contributed by atoms with Gasteiger partial charge in [0.15, 0.2) is 5.37 Å². The molecule has 6 nitrogen and oxygen atoms in total. The highest BCUT2D eigenvalue weighted by molar-refractivity contribution is 8.16. The van der Waals surface area contributed by atoms with E-state index in [2.05, 4.69) is 52.5 Å². The van der Waals surface area contributed by atoms with E-state index in [0.717, 1.165) is 38.5 Å². The maximum atomic E-state index is 14.3. The van der Waals surface area contributed by atoms with Crippen LogP contribution in [0.15, 0.2) is 85.1 Å². The molecule has 3 aromatic carbocycles. The molecule has 4 aromatic rings. The van der Waals surface area contributed by atoms with Crippen LogP contribution >= 0.6 is 23.5 Å². The fourth-order valence-electron chi connectivity index (χ4n) is 6.32. The van der Waals surface area contributed by atoms with Crippen molar-refractivity contribution in [2.45, 2.75) is 23.4 Å². The Morgan fingerprint density at radius 1 is 0.919 bits per heavy atom. The van der Waals surface area contributed by atoms with E-state index in [1.54, 1.807) is 35.5 Å². The number of rotatable bonds is 2. The van der Waals surface area contributed by atoms with Crippen molar-refractivity contribution >= 4 is 57.6 Å². The molecule has 0 saturated carbocycles. The highest BCUT2D eigenvalue weighted by atomic mass is 32.2. The SMILES string of the molecule is CN1C(=O)CC2(c3c[nH]c4ccccc34)c3ccccc3N(c3ccccc3)[C@@H]2N2CSCS[C@@H]1C2=O. The van der Waals surface area contributed by atoms with Gasteiger partial charge in [-0.05, 0) is 35.4 Å². The van der Waals surface area contributed by atoms with E-state index < -0.39 is 17.0 Å². The minimum Gasteiger partial charge on any atom is -0.361 e. The number of benzene rings is 3. The maximum Gasteiger partial charge on any atom is 0.258 e. The first-order chi connectivity index (χ1) is 18.1. The zero-order chi connectivity index (χ0) is 25.1. The molecule has 1 aromatic heterocycles. The average Bonchev–Trinajstić information content (AvgIpc) is 3.41. The molecule has 0 aliphatic carbocycles. The number of nitrogens with zero attached hydrogens (tertiary/aromatic N) is 3. The maximum absolute atomic E-state index is 14.3. The quantitative estimate of drug-likeness (QED) is 0.382. The smallest absolute Gasteiger partial charge is 0.258 e. The van der Waals surface area contributed by atoms with Gasteiger partial charge in [-0.2, -0.15) is 0 Å². The first-order valence-electron chi connectivity index (χ1n) is 12.4. The van der Waals surface area contributed by atoms with Crippen LogP contribution in [0, 0.1) is 0 Å². The Balaban J connectivity index is 1.59. The van der Waals surface area contributed by atoms with Crippen molar-refractivity contribution in [1.29, 1.82) is 0 Å². The van der Waals surface area contributed by atoms with Crippen molar-refractivity contribution < 1.29 is 9.59 Å². The number of anilines is 2. The number of carbonyl (C=O) groups excluding carboxylic acids is 2. The molecule has 4 heterocycles. The number of nitrogens with one attached hydrogen (secondary N) is 1. The van der Waals surface area contributed by atoms with Crippen molar-refractivity contribution in [3.63, 3.8) is 0 Å². The number of carbonyl (C=O) groups is 2. The largest absolute Gasteiger partial charge is 0.361 e. The molecular weight excluding hydrogens is 500 g/mol. The minimum atomic E-state index is -0.770. The number of fused-ring (bicyclic) bond motifs is 7. The minimum absolute atomic E-state index is 0.00602. The van der Waals surface area contributed by atoms with Crippen LogP contribution in [0.1, 0.15) is 17.5 Å². The fourth-order valence-corrected chi connectivity index (χ4v) is 8.60. The first kappa shape index (κ1) is 22.8. The van der Waals surface area contributed by atoms with Gasteiger partial charge in [-0.25, -0.2) is 0 Å². The zero-order valence-electron chi connectivity index (χ0n) is 20.3. The topological polar surface area (TPSA) is 59.7 Å². The second-order valence-electron chi connectivity index (χ2n) is 9.78. The van der Waals surface area contributed by atoms with Crippen LogP contribution in [0.5, 0.6) is 0 Å². The summed E-state index contributed by atoms with van der Waals surface area (Å²) in [5.74, 6) is 0.544. The van der Waals surface area contributed by atoms with Gasteiger partial charge in [0.05, 0.1) is 11.3 Å². The summed E-state index contributed by atoms with van der Waals surface area (Å²) in [7, 11) is 1.78. The number of amides is 2. The number of para-hydroxylation sites is 3. The lowest BCUT2D eigenvalue weighted by Crippen LogP contribution is -2.63. The molecule has 37 heavy (non-hydrogen) atoms. The van der Waals surface area contributed by atoms with Gasteiger partial charge in [0, 0.05) is 47.0 Å². The van der Waals surface area contributed by atoms with Gasteiger partial charge in [-0.3, -0.25) is 9.59 Å². The number of hydrogen-bond acceptors (Lipinski definition) is 5. The second kappa shape index (κ2) is 8.60. The predicted molar refractivity (Wildman–Crippen MR) is 151 cm³/mol. The summed E-state index contributed by atoms with van der Waals surface area (Å²) in [4.78, 5) is 37.8. The van der Waals surface area contributed by atoms with Gasteiger partial charge in [-0.1, -0.05) is 54.6 Å². The number of hydrogen-bond donors (Lipinski definition) is 1. The van der Waals surface area contributed by atoms with E-state index in [4.69, 9.17) is 0 Å². The summed E-state index contributed by atoms with van der Waals surface area (Å²) in [6.07, 6.45) is 1.92. The Kier molecular flexibility index (Phi) is 5.30. The number of H-pyrrole nitrogens is 1. The summed E-state index contributed by atoms with van der Waals surface area (Å²) in [6.45, 7) is 0. The Morgan fingerprint density at radius 3 is 2.54 bits per heavy atom. The highest BCUT2D eigenvalue weighted by Gasteiger charge is 2.60. The molecule has 3 aliphatic heterocycles. The van der Waals surface area contributed by atoms with Gasteiger partial charge in [0.1, 0.15) is 6.17 Å². The molecule has 3 atom stereocenters. The summed E-state index contributed by atoms with van der Waals surface area (Å²) < 4.78 is 0. The monoisotopic (exact) mass is 526 g/mol. The van der Waals surface area contributed by atoms with Crippen molar-refractivity contribution in [2.24, 2.45) is 0 Å². The first-order valence-corrected chi connectivity index (χ1v) is 14.6. The Hall–Kier alpha value is -3.36. The lowest BCUT2D eigenvalue weighted by Gasteiger charge is -2.48. The summed E-state index contributed by atoms with van der Waals surface area (Å²) in [5.41, 5.74) is 4.42. The normalized spacial score (nSPS) is 25.5. The fraction of sp³-hybridized carbons (Fsp3) is 0.241. The van der Waals surface area contributed by atoms with Crippen LogP contribution in [-0.2, 0) is 15.0 Å². The third-order valence-corrected chi connectivity index (χ3v) is 10.4. The third-order valence-electron chi connectivity index (χ3n) is 7.94. The van der Waals surface area contributed by atoms with E-state index >= 15 is 0 Å². The van der Waals surface area contributed by atoms with Crippen molar-refractivity contribution in [3.8, 4) is 0 Å². The predicted octanol–water partition coefficient (Wildman–Crippen LogP) is 5.34. The van der Waals surface area contributed by atoms with Crippen LogP contribution in [0.25, 0.3) is 10.9 Å². The van der Waals surface area contributed by atoms with Crippen molar-refractivity contribution in [2.75, 3.05) is 22.9 Å². The lowest BCUT2D eigenvalue weighted by atomic mass is 9.70. The Bertz CT molecular complexity index is 1520. The van der Waals surface area contributed by atoms with E-state index in [0.29, 0.717) is 5.88 Å². The second-order valence-corrected chi connectivity index (χ2v) is 12.2. The molecule has 3 aliphatic rings. The summed E-state index contributed by atoms with van der Waals surface area (Å²) >= 11 is 3.29. The summed E-state index contributed by atoms with van der Waals surface area (Å²) in [5, 5.41) is 1.31. The lowest BCUT2D eigenvalue weighted by molar-refractivity contribution is -0.146. The molecule has 1 N–H and O–H groups in total. The Labute approximate surface area is 224 Å². The number of likely N-dealkylation sites (N-methyl/N-ethyl adjacent to an activating group) is 1. The standard InChI is InChI=1S/C29H26N4O2S2/c1-31-25(34)15-29(22-16-30-23-13-7-5-11-20(22)23)21-12-6-8-14-24(21)33(19-9-3-2-4-10-19)28(29)32-17-36-18-37-27(31)26(32)35/h2-14,16,27-28,30H,15,17-18H2,1H3/t27-,28+,29?/m1/s1. The molecule has 186 valence electrons. The van der Waals surface area contributed by atoms with Gasteiger partial charge in [0.2, 0.25) is 5.91 Å². The van der Waals surface area contributed by atoms with Crippen LogP contribution in [-0.4, -0.2) is 56.1 Å². The van der Waals surface area contributed by atoms with Gasteiger partial charge in [0.25, 0.3) is 5.91 Å². The highest BCUT2D eigenvalue weighted by Crippen LogP contribution is 2.57. The molecule has 1 unspecified atom stereocenters. The van der Waals surface area contributed by atoms with Gasteiger partial charge >= 0.3 is 0 Å². The number of thioether (sulfide) groups is 2. The van der Waals surface area contributed by atoms with Crippen LogP contribution in [0.4, 0.5) is 11.4 Å². The average molecular weight is 527 g/mol. The van der Waals surface area contributed by atoms with Gasteiger partial charge < -0.3 is 19.7 Å². The number of aromatic amines is 1. The summed E-state index contributed by atoms with van der Waals surface area (Å²) in [6, 6.07) is 26.9. The van der Waals surface area contributed by atoms with Crippen LogP contribution in [0.2, 0.25) is 0 Å². The molecule has 2 bridgehead atoms. The van der Waals surface area contributed by atoms with E-state index in [1.165, 1.54) is 0 Å². The van der Waals surface area contributed by atoms with E-state index in [9.17, 15) is 9.59 Å². The van der Waals surface area contributed by atoms with Crippen molar-refractivity contribution in [1.82, 2.24) is 14.8 Å². The van der Waals surface area contributed by atoms with Crippen molar-refractivity contribution in [3.05, 3.63) is 96.2 Å². The molecule has 2 saturated heterocycles. The molecule has 0 spiro atoms. The Morgan fingerprint density at radius 2 is 1.68 bits per heavy atom. The number of aromatic nitrogens is 1. The zero-order valence-corrected chi connectivity index (χ0v) is 22.0. The molecule has 0 radical (unpaired) electrons. The van der Waals surface area contributed by atoms with E-state index in [-0.39, 0.29) is 18.2 Å². The molecule has 2 fully saturated rings.